The summed E-state index contributed by atoms with van der Waals surface area (Å²) in [6.45, 7) is 0. The Morgan fingerprint density at radius 2 is 1.82 bits per heavy atom. The molecule has 0 fully saturated rings. The zero-order chi connectivity index (χ0) is 7.40. The summed E-state index contributed by atoms with van der Waals surface area (Å²) in [6, 6.07) is 9.04. The summed E-state index contributed by atoms with van der Waals surface area (Å²) in [5, 5.41) is 1.87. The molecule has 1 aromatic rings. The van der Waals surface area contributed by atoms with Crippen molar-refractivity contribution in [1.29, 1.82) is 0 Å². The molecule has 0 heterocycles. The van der Waals surface area contributed by atoms with Crippen LogP contribution in [0, 0.1) is 0 Å². The normalized spacial score (nSPS) is 8.09. The van der Waals surface area contributed by atoms with Crippen LogP contribution in [-0.4, -0.2) is 5.37 Å². The predicted molar refractivity (Wildman–Crippen MR) is 48.6 cm³/mol. The molecule has 1 rings (SSSR count). The molecule has 11 heavy (non-hydrogen) atoms. The highest BCUT2D eigenvalue weighted by Crippen LogP contribution is 2.05. The molecule has 0 aliphatic carbocycles. The van der Waals surface area contributed by atoms with Gasteiger partial charge in [0, 0.05) is 5.69 Å². The smallest absolute Gasteiger partial charge is 0.312 e. The minimum absolute atomic E-state index is 0. The van der Waals surface area contributed by atoms with Crippen molar-refractivity contribution in [2.24, 2.45) is 0 Å². The molecule has 2 nitrogen and oxygen atoms in total. The van der Waals surface area contributed by atoms with Gasteiger partial charge in [0.15, 0.2) is 0 Å². The lowest BCUT2D eigenvalue weighted by Gasteiger charge is -1.96. The Labute approximate surface area is 76.0 Å². The van der Waals surface area contributed by atoms with E-state index in [2.05, 4.69) is 5.32 Å². The van der Waals surface area contributed by atoms with E-state index in [4.69, 9.17) is 11.6 Å². The highest BCUT2D eigenvalue weighted by molar-refractivity contribution is 6.65. The van der Waals surface area contributed by atoms with Crippen LogP contribution in [0.4, 0.5) is 10.5 Å². The van der Waals surface area contributed by atoms with Crippen LogP contribution in [0.5, 0.6) is 0 Å². The average Bonchev–Trinajstić information content (AvgIpc) is 1.88. The number of carbonyl (C=O) groups excluding carboxylic acids is 1. The summed E-state index contributed by atoms with van der Waals surface area (Å²) in [6.07, 6.45) is 0. The number of halogens is 2. The second kappa shape index (κ2) is 4.99. The first-order chi connectivity index (χ1) is 4.79. The van der Waals surface area contributed by atoms with Gasteiger partial charge in [-0.15, -0.1) is 12.4 Å². The van der Waals surface area contributed by atoms with Crippen molar-refractivity contribution in [1.82, 2.24) is 0 Å². The first kappa shape index (κ1) is 10.3. The first-order valence-corrected chi connectivity index (χ1v) is 3.18. The van der Waals surface area contributed by atoms with Crippen molar-refractivity contribution in [2.75, 3.05) is 5.32 Å². The summed E-state index contributed by atoms with van der Waals surface area (Å²) < 4.78 is 0. The fourth-order valence-corrected chi connectivity index (χ4v) is 0.744. The molecule has 0 aliphatic heterocycles. The van der Waals surface area contributed by atoms with Crippen molar-refractivity contribution in [3.8, 4) is 0 Å². The van der Waals surface area contributed by atoms with Gasteiger partial charge < -0.3 is 5.32 Å². The lowest BCUT2D eigenvalue weighted by molar-refractivity contribution is 0.269. The molecule has 0 radical (unpaired) electrons. The van der Waals surface area contributed by atoms with E-state index in [1.807, 2.05) is 18.2 Å². The monoisotopic (exact) mass is 191 g/mol. The molecule has 4 heteroatoms. The molecule has 0 aromatic heterocycles. The second-order valence-corrected chi connectivity index (χ2v) is 2.11. The SMILES string of the molecule is Cl.O=C(Cl)Nc1ccccc1. The Balaban J connectivity index is 0.000001000. The second-order valence-electron chi connectivity index (χ2n) is 1.76. The molecule has 0 bridgehead atoms. The van der Waals surface area contributed by atoms with Crippen LogP contribution in [0.15, 0.2) is 30.3 Å². The average molecular weight is 192 g/mol. The van der Waals surface area contributed by atoms with Crippen LogP contribution in [0.2, 0.25) is 0 Å². The van der Waals surface area contributed by atoms with Gasteiger partial charge in [-0.25, -0.2) is 0 Å². The topological polar surface area (TPSA) is 29.1 Å². The fraction of sp³-hybridized carbons (Fsp3) is 0. The summed E-state index contributed by atoms with van der Waals surface area (Å²) in [5.41, 5.74) is 0.711. The van der Waals surface area contributed by atoms with Gasteiger partial charge in [0.2, 0.25) is 0 Å². The largest absolute Gasteiger partial charge is 0.318 e. The van der Waals surface area contributed by atoms with Gasteiger partial charge in [-0.05, 0) is 23.7 Å². The van der Waals surface area contributed by atoms with Crippen molar-refractivity contribution in [3.63, 3.8) is 0 Å². The minimum Gasteiger partial charge on any atom is -0.312 e. The number of rotatable bonds is 1. The summed E-state index contributed by atoms with van der Waals surface area (Å²) in [4.78, 5) is 10.3. The van der Waals surface area contributed by atoms with E-state index in [0.717, 1.165) is 0 Å². The molecule has 0 unspecified atom stereocenters. The van der Waals surface area contributed by atoms with E-state index in [0.29, 0.717) is 5.69 Å². The number of para-hydroxylation sites is 1. The molecule has 0 saturated heterocycles. The van der Waals surface area contributed by atoms with Crippen molar-refractivity contribution < 1.29 is 4.79 Å². The number of carbonyl (C=O) groups is 1. The van der Waals surface area contributed by atoms with Crippen LogP contribution in [0.25, 0.3) is 0 Å². The van der Waals surface area contributed by atoms with Crippen LogP contribution in [-0.2, 0) is 0 Å². The molecule has 1 aromatic carbocycles. The van der Waals surface area contributed by atoms with E-state index < -0.39 is 5.37 Å². The molecule has 0 spiro atoms. The van der Waals surface area contributed by atoms with E-state index in [-0.39, 0.29) is 12.4 Å². The zero-order valence-electron chi connectivity index (χ0n) is 5.58. The van der Waals surface area contributed by atoms with Gasteiger partial charge in [0.25, 0.3) is 0 Å². The van der Waals surface area contributed by atoms with Crippen LogP contribution in [0.3, 0.4) is 0 Å². The van der Waals surface area contributed by atoms with Gasteiger partial charge in [-0.2, -0.15) is 0 Å². The van der Waals surface area contributed by atoms with Gasteiger partial charge in [-0.1, -0.05) is 18.2 Å². The van der Waals surface area contributed by atoms with E-state index in [1.54, 1.807) is 12.1 Å². The standard InChI is InChI=1S/C7H6ClNO.ClH/c8-7(10)9-6-4-2-1-3-5-6;/h1-5H,(H,9,10);1H. The Kier molecular flexibility index (Phi) is 4.66. The summed E-state index contributed by atoms with van der Waals surface area (Å²) in [5.74, 6) is 0. The number of hydrogen-bond donors (Lipinski definition) is 1. The van der Waals surface area contributed by atoms with Gasteiger partial charge >= 0.3 is 5.37 Å². The predicted octanol–water partition coefficient (Wildman–Crippen LogP) is 2.88. The third-order valence-corrected chi connectivity index (χ3v) is 1.11. The molecule has 1 N–H and O–H groups in total. The maximum absolute atomic E-state index is 10.3. The minimum atomic E-state index is -0.564. The van der Waals surface area contributed by atoms with Crippen LogP contribution >= 0.6 is 24.0 Å². The van der Waals surface area contributed by atoms with Crippen molar-refractivity contribution >= 4 is 35.1 Å². The van der Waals surface area contributed by atoms with E-state index >= 15 is 0 Å². The maximum Gasteiger partial charge on any atom is 0.318 e. The van der Waals surface area contributed by atoms with Gasteiger partial charge in [0.05, 0.1) is 0 Å². The lowest BCUT2D eigenvalue weighted by atomic mass is 10.3. The van der Waals surface area contributed by atoms with E-state index in [9.17, 15) is 4.79 Å². The Hall–Kier alpha value is -0.730. The highest BCUT2D eigenvalue weighted by Gasteiger charge is 1.92. The van der Waals surface area contributed by atoms with Crippen LogP contribution < -0.4 is 5.32 Å². The summed E-state index contributed by atoms with van der Waals surface area (Å²) in [7, 11) is 0. The quantitative estimate of drug-likeness (QED) is 0.537. The molecule has 0 aliphatic rings. The summed E-state index contributed by atoms with van der Waals surface area (Å²) >= 11 is 5.06. The molecular weight excluding hydrogens is 185 g/mol. The highest BCUT2D eigenvalue weighted by atomic mass is 35.5. The van der Waals surface area contributed by atoms with Crippen LogP contribution in [0.1, 0.15) is 0 Å². The Morgan fingerprint density at radius 1 is 1.27 bits per heavy atom. The number of amides is 1. The third kappa shape index (κ3) is 3.86. The molecule has 0 atom stereocenters. The molecule has 60 valence electrons. The van der Waals surface area contributed by atoms with Gasteiger partial charge in [-0.3, -0.25) is 4.79 Å². The molecule has 1 amide bonds. The third-order valence-electron chi connectivity index (χ3n) is 1.02. The number of benzene rings is 1. The molecule has 0 saturated carbocycles. The first-order valence-electron chi connectivity index (χ1n) is 2.80. The number of anilines is 1. The fourth-order valence-electron chi connectivity index (χ4n) is 0.635. The molecular formula is C7H7Cl2NO. The Bertz CT molecular complexity index is 225. The Morgan fingerprint density at radius 3 is 2.27 bits per heavy atom. The lowest BCUT2D eigenvalue weighted by Crippen LogP contribution is -1.99. The maximum atomic E-state index is 10.3. The van der Waals surface area contributed by atoms with E-state index in [1.165, 1.54) is 0 Å². The number of nitrogens with one attached hydrogen (secondary N) is 1. The van der Waals surface area contributed by atoms with Crippen molar-refractivity contribution in [2.45, 2.75) is 0 Å². The number of hydrogen-bond acceptors (Lipinski definition) is 1. The van der Waals surface area contributed by atoms with Crippen molar-refractivity contribution in [3.05, 3.63) is 30.3 Å². The van der Waals surface area contributed by atoms with Gasteiger partial charge in [0.1, 0.15) is 0 Å². The zero-order valence-corrected chi connectivity index (χ0v) is 7.15.